The fraction of sp³-hybridized carbons (Fsp3) is 0.929. The van der Waals surface area contributed by atoms with Crippen LogP contribution in [0.1, 0.15) is 65.2 Å². The van der Waals surface area contributed by atoms with Gasteiger partial charge in [0.1, 0.15) is 0 Å². The van der Waals surface area contributed by atoms with Crippen LogP contribution in [-0.4, -0.2) is 25.8 Å². The van der Waals surface area contributed by atoms with Gasteiger partial charge >= 0.3 is 5.97 Å². The first-order valence-electron chi connectivity index (χ1n) is 7.04. The van der Waals surface area contributed by atoms with E-state index < -0.39 is 0 Å². The molecule has 0 aromatic heterocycles. The number of rotatable bonds is 12. The van der Waals surface area contributed by atoms with E-state index in [9.17, 15) is 4.79 Å². The summed E-state index contributed by atoms with van der Waals surface area (Å²) in [5.41, 5.74) is 0. The number of unbranched alkanes of at least 4 members (excludes halogenated alkanes) is 5. The quantitative estimate of drug-likeness (QED) is 0.388. The fourth-order valence-electron chi connectivity index (χ4n) is 1.62. The van der Waals surface area contributed by atoms with Crippen molar-refractivity contribution < 1.29 is 14.3 Å². The van der Waals surface area contributed by atoms with Crippen LogP contribution in [0.5, 0.6) is 0 Å². The molecule has 0 N–H and O–H groups in total. The Hall–Kier alpha value is -0.570. The van der Waals surface area contributed by atoms with Gasteiger partial charge in [0.05, 0.1) is 6.61 Å². The van der Waals surface area contributed by atoms with Crippen molar-refractivity contribution in [3.63, 3.8) is 0 Å². The van der Waals surface area contributed by atoms with Crippen LogP contribution in [0.15, 0.2) is 0 Å². The Bertz CT molecular complexity index is 169. The van der Waals surface area contributed by atoms with Crippen LogP contribution in [-0.2, 0) is 14.3 Å². The number of carbonyl (C=O) groups excluding carboxylic acids is 1. The van der Waals surface area contributed by atoms with Crippen LogP contribution < -0.4 is 0 Å². The second-order valence-electron chi connectivity index (χ2n) is 4.29. The summed E-state index contributed by atoms with van der Waals surface area (Å²) in [6.45, 7) is 6.25. The third-order valence-corrected chi connectivity index (χ3v) is 2.62. The minimum atomic E-state index is -0.0759. The van der Waals surface area contributed by atoms with Gasteiger partial charge in [-0.15, -0.1) is 0 Å². The van der Waals surface area contributed by atoms with Gasteiger partial charge in [-0.1, -0.05) is 32.6 Å². The molecule has 17 heavy (non-hydrogen) atoms. The smallest absolute Gasteiger partial charge is 0.305 e. The molecule has 0 saturated carbocycles. The molecule has 0 atom stereocenters. The summed E-state index contributed by atoms with van der Waals surface area (Å²) in [7, 11) is 0. The summed E-state index contributed by atoms with van der Waals surface area (Å²) >= 11 is 0. The highest BCUT2D eigenvalue weighted by atomic mass is 16.5. The summed E-state index contributed by atoms with van der Waals surface area (Å²) in [4.78, 5) is 11.0. The van der Waals surface area contributed by atoms with Crippen molar-refractivity contribution >= 4 is 5.97 Å². The van der Waals surface area contributed by atoms with Crippen molar-refractivity contribution in [1.82, 2.24) is 0 Å². The van der Waals surface area contributed by atoms with E-state index in [0.717, 1.165) is 32.5 Å². The third kappa shape index (κ3) is 13.4. The van der Waals surface area contributed by atoms with E-state index in [1.165, 1.54) is 25.7 Å². The lowest BCUT2D eigenvalue weighted by Crippen LogP contribution is -2.03. The molecular weight excluding hydrogens is 216 g/mol. The van der Waals surface area contributed by atoms with Crippen molar-refractivity contribution in [2.75, 3.05) is 19.8 Å². The van der Waals surface area contributed by atoms with Gasteiger partial charge in [-0.2, -0.15) is 0 Å². The van der Waals surface area contributed by atoms with Gasteiger partial charge in [0.2, 0.25) is 0 Å². The molecule has 0 aliphatic heterocycles. The van der Waals surface area contributed by atoms with E-state index >= 15 is 0 Å². The van der Waals surface area contributed by atoms with Crippen molar-refractivity contribution in [2.45, 2.75) is 65.2 Å². The van der Waals surface area contributed by atoms with Crippen LogP contribution in [0.25, 0.3) is 0 Å². The number of hydrogen-bond acceptors (Lipinski definition) is 3. The molecule has 0 aromatic carbocycles. The largest absolute Gasteiger partial charge is 0.466 e. The van der Waals surface area contributed by atoms with E-state index in [1.807, 2.05) is 6.92 Å². The maximum atomic E-state index is 11.0. The molecule has 0 amide bonds. The van der Waals surface area contributed by atoms with E-state index in [4.69, 9.17) is 9.47 Å². The lowest BCUT2D eigenvalue weighted by molar-refractivity contribution is -0.143. The normalized spacial score (nSPS) is 10.5. The minimum Gasteiger partial charge on any atom is -0.466 e. The molecule has 0 unspecified atom stereocenters. The van der Waals surface area contributed by atoms with Crippen LogP contribution in [0, 0.1) is 0 Å². The molecule has 0 saturated heterocycles. The molecule has 0 spiro atoms. The first kappa shape index (κ1) is 16.4. The highest BCUT2D eigenvalue weighted by Gasteiger charge is 2.00. The van der Waals surface area contributed by atoms with Crippen molar-refractivity contribution in [3.05, 3.63) is 0 Å². The molecule has 0 aliphatic carbocycles. The molecule has 102 valence electrons. The molecule has 0 radical (unpaired) electrons. The third-order valence-electron chi connectivity index (χ3n) is 2.62. The summed E-state index contributed by atoms with van der Waals surface area (Å²) < 4.78 is 10.4. The molecule has 0 fully saturated rings. The Morgan fingerprint density at radius 1 is 0.882 bits per heavy atom. The molecule has 0 aromatic rings. The topological polar surface area (TPSA) is 35.5 Å². The Balaban J connectivity index is 3.01. The SMILES string of the molecule is CCCCCCOCCCCCC(=O)OCC. The van der Waals surface area contributed by atoms with Crippen molar-refractivity contribution in [2.24, 2.45) is 0 Å². The molecule has 0 heterocycles. The summed E-state index contributed by atoms with van der Waals surface area (Å²) in [5, 5.41) is 0. The molecule has 0 bridgehead atoms. The van der Waals surface area contributed by atoms with Gasteiger partial charge < -0.3 is 9.47 Å². The molecular formula is C14H28O3. The highest BCUT2D eigenvalue weighted by Crippen LogP contribution is 2.03. The van der Waals surface area contributed by atoms with Gasteiger partial charge in [0.25, 0.3) is 0 Å². The molecule has 3 nitrogen and oxygen atoms in total. The first-order valence-corrected chi connectivity index (χ1v) is 7.04. The van der Waals surface area contributed by atoms with Crippen molar-refractivity contribution in [3.8, 4) is 0 Å². The predicted octanol–water partition coefficient (Wildman–Crippen LogP) is 3.71. The summed E-state index contributed by atoms with van der Waals surface area (Å²) in [5.74, 6) is -0.0759. The van der Waals surface area contributed by atoms with E-state index in [0.29, 0.717) is 13.0 Å². The second-order valence-corrected chi connectivity index (χ2v) is 4.29. The zero-order valence-electron chi connectivity index (χ0n) is 11.5. The molecule has 0 aliphatic rings. The average molecular weight is 244 g/mol. The molecule has 3 heteroatoms. The maximum Gasteiger partial charge on any atom is 0.305 e. The summed E-state index contributed by atoms with van der Waals surface area (Å²) in [6.07, 6.45) is 8.59. The van der Waals surface area contributed by atoms with Crippen molar-refractivity contribution in [1.29, 1.82) is 0 Å². The van der Waals surface area contributed by atoms with Crippen LogP contribution in [0.3, 0.4) is 0 Å². The standard InChI is InChI=1S/C14H28O3/c1-3-5-6-9-12-16-13-10-7-8-11-14(15)17-4-2/h3-13H2,1-2H3. The molecule has 0 rings (SSSR count). The van der Waals surface area contributed by atoms with Gasteiger partial charge in [0.15, 0.2) is 0 Å². The Kier molecular flexibility index (Phi) is 13.0. The fourth-order valence-corrected chi connectivity index (χ4v) is 1.62. The number of carbonyl (C=O) groups is 1. The lowest BCUT2D eigenvalue weighted by Gasteiger charge is -2.04. The summed E-state index contributed by atoms with van der Waals surface area (Å²) in [6, 6.07) is 0. The second kappa shape index (κ2) is 13.5. The van der Waals surface area contributed by atoms with Crippen LogP contribution in [0.4, 0.5) is 0 Å². The number of esters is 1. The maximum absolute atomic E-state index is 11.0. The zero-order chi connectivity index (χ0) is 12.8. The van der Waals surface area contributed by atoms with Crippen LogP contribution >= 0.6 is 0 Å². The monoisotopic (exact) mass is 244 g/mol. The van der Waals surface area contributed by atoms with E-state index in [2.05, 4.69) is 6.92 Å². The highest BCUT2D eigenvalue weighted by molar-refractivity contribution is 5.69. The Morgan fingerprint density at radius 2 is 1.53 bits per heavy atom. The zero-order valence-corrected chi connectivity index (χ0v) is 11.5. The Labute approximate surface area is 106 Å². The van der Waals surface area contributed by atoms with E-state index in [-0.39, 0.29) is 5.97 Å². The predicted molar refractivity (Wildman–Crippen MR) is 70.1 cm³/mol. The van der Waals surface area contributed by atoms with Crippen LogP contribution in [0.2, 0.25) is 0 Å². The van der Waals surface area contributed by atoms with Gasteiger partial charge in [-0.05, 0) is 26.2 Å². The number of ether oxygens (including phenoxy) is 2. The van der Waals surface area contributed by atoms with Gasteiger partial charge in [-0.25, -0.2) is 0 Å². The number of hydrogen-bond donors (Lipinski definition) is 0. The average Bonchev–Trinajstić information content (AvgIpc) is 2.32. The lowest BCUT2D eigenvalue weighted by atomic mass is 10.2. The minimum absolute atomic E-state index is 0.0759. The first-order chi connectivity index (χ1) is 8.31. The van der Waals surface area contributed by atoms with Gasteiger partial charge in [-0.3, -0.25) is 4.79 Å². The van der Waals surface area contributed by atoms with Gasteiger partial charge in [0, 0.05) is 19.6 Å². The Morgan fingerprint density at radius 3 is 2.12 bits per heavy atom. The van der Waals surface area contributed by atoms with E-state index in [1.54, 1.807) is 0 Å².